The number of unbranched alkanes of at least 4 members (excludes halogenated alkanes) is 10. The predicted octanol–water partition coefficient (Wildman–Crippen LogP) is 7.52. The molecule has 0 saturated heterocycles. The van der Waals surface area contributed by atoms with Gasteiger partial charge in [0.25, 0.3) is 0 Å². The van der Waals surface area contributed by atoms with Crippen molar-refractivity contribution < 1.29 is 0 Å². The molecule has 1 rings (SSSR count). The summed E-state index contributed by atoms with van der Waals surface area (Å²) >= 11 is 0. The zero-order valence-electron chi connectivity index (χ0n) is 16.7. The minimum Gasteiger partial charge on any atom is -0.372 e. The van der Waals surface area contributed by atoms with E-state index in [4.69, 9.17) is 0 Å². The maximum absolute atomic E-state index is 2.62. The van der Waals surface area contributed by atoms with Crippen LogP contribution in [-0.2, 0) is 0 Å². The maximum Gasteiger partial charge on any atom is 0.0366 e. The van der Waals surface area contributed by atoms with Gasteiger partial charge in [-0.25, -0.2) is 0 Å². The number of hydrogen-bond donors (Lipinski definition) is 0. The van der Waals surface area contributed by atoms with Crippen molar-refractivity contribution in [2.45, 2.75) is 97.8 Å². The van der Waals surface area contributed by atoms with Crippen LogP contribution in [0.5, 0.6) is 0 Å². The van der Waals surface area contributed by atoms with Gasteiger partial charge >= 0.3 is 0 Å². The van der Waals surface area contributed by atoms with Gasteiger partial charge in [-0.15, -0.1) is 0 Å². The SMILES string of the molecule is CCCCCCCCN(CCCCCCCC)c1ccc(C)cc1. The summed E-state index contributed by atoms with van der Waals surface area (Å²) in [6.07, 6.45) is 16.6. The highest BCUT2D eigenvalue weighted by molar-refractivity contribution is 5.47. The number of hydrogen-bond acceptors (Lipinski definition) is 1. The Morgan fingerprint density at radius 3 is 1.46 bits per heavy atom. The molecule has 0 aromatic heterocycles. The van der Waals surface area contributed by atoms with E-state index >= 15 is 0 Å². The zero-order chi connectivity index (χ0) is 17.5. The molecule has 1 nitrogen and oxygen atoms in total. The lowest BCUT2D eigenvalue weighted by atomic mass is 10.1. The lowest BCUT2D eigenvalue weighted by molar-refractivity contribution is 0.575. The van der Waals surface area contributed by atoms with Crippen LogP contribution in [0.1, 0.15) is 96.5 Å². The first-order chi connectivity index (χ1) is 11.8. The van der Waals surface area contributed by atoms with Gasteiger partial charge < -0.3 is 4.90 Å². The summed E-state index contributed by atoms with van der Waals surface area (Å²) in [6.45, 7) is 9.21. The van der Waals surface area contributed by atoms with Crippen molar-refractivity contribution in [3.05, 3.63) is 29.8 Å². The van der Waals surface area contributed by atoms with Gasteiger partial charge in [-0.3, -0.25) is 0 Å². The minimum atomic E-state index is 1.23. The number of aryl methyl sites for hydroxylation is 1. The Bertz CT molecular complexity index is 366. The molecule has 0 fully saturated rings. The second-order valence-electron chi connectivity index (χ2n) is 7.36. The standard InChI is InChI=1S/C23H41N/c1-4-6-8-10-12-14-20-24(21-15-13-11-9-7-5-2)23-18-16-22(3)17-19-23/h16-19H,4-15,20-21H2,1-3H3. The van der Waals surface area contributed by atoms with E-state index in [9.17, 15) is 0 Å². The lowest BCUT2D eigenvalue weighted by Gasteiger charge is -2.25. The van der Waals surface area contributed by atoms with Crippen LogP contribution in [-0.4, -0.2) is 13.1 Å². The Labute approximate surface area is 151 Å². The normalized spacial score (nSPS) is 11.0. The molecule has 1 heteroatoms. The van der Waals surface area contributed by atoms with E-state index in [-0.39, 0.29) is 0 Å². The summed E-state index contributed by atoms with van der Waals surface area (Å²) < 4.78 is 0. The molecule has 0 aliphatic carbocycles. The van der Waals surface area contributed by atoms with Crippen LogP contribution >= 0.6 is 0 Å². The van der Waals surface area contributed by atoms with Crippen molar-refractivity contribution in [3.8, 4) is 0 Å². The summed E-state index contributed by atoms with van der Waals surface area (Å²) in [7, 11) is 0. The van der Waals surface area contributed by atoms with Crippen molar-refractivity contribution >= 4 is 5.69 Å². The third-order valence-corrected chi connectivity index (χ3v) is 4.96. The summed E-state index contributed by atoms with van der Waals surface area (Å²) in [5, 5.41) is 0. The molecule has 0 spiro atoms. The predicted molar refractivity (Wildman–Crippen MR) is 110 cm³/mol. The van der Waals surface area contributed by atoms with Crippen LogP contribution in [0.15, 0.2) is 24.3 Å². The molecule has 1 aromatic carbocycles. The molecule has 138 valence electrons. The molecule has 1 aromatic rings. The van der Waals surface area contributed by atoms with Gasteiger partial charge in [0.2, 0.25) is 0 Å². The van der Waals surface area contributed by atoms with E-state index in [1.165, 1.54) is 101 Å². The monoisotopic (exact) mass is 331 g/mol. The molecular formula is C23H41N. The number of anilines is 1. The summed E-state index contributed by atoms with van der Waals surface area (Å²) in [5.41, 5.74) is 2.78. The molecule has 0 N–H and O–H groups in total. The zero-order valence-corrected chi connectivity index (χ0v) is 16.7. The average molecular weight is 332 g/mol. The van der Waals surface area contributed by atoms with E-state index in [0.717, 1.165) is 0 Å². The van der Waals surface area contributed by atoms with Gasteiger partial charge in [-0.05, 0) is 31.9 Å². The molecule has 0 bridgehead atoms. The highest BCUT2D eigenvalue weighted by Crippen LogP contribution is 2.18. The van der Waals surface area contributed by atoms with Gasteiger partial charge in [-0.1, -0.05) is 95.8 Å². The molecule has 0 radical (unpaired) electrons. The molecule has 0 aliphatic heterocycles. The van der Waals surface area contributed by atoms with E-state index in [1.807, 2.05) is 0 Å². The van der Waals surface area contributed by atoms with Crippen LogP contribution in [0.3, 0.4) is 0 Å². The van der Waals surface area contributed by atoms with Crippen molar-refractivity contribution in [3.63, 3.8) is 0 Å². The van der Waals surface area contributed by atoms with E-state index < -0.39 is 0 Å². The Morgan fingerprint density at radius 2 is 1.00 bits per heavy atom. The number of rotatable bonds is 15. The van der Waals surface area contributed by atoms with E-state index in [2.05, 4.69) is 49.9 Å². The van der Waals surface area contributed by atoms with Crippen molar-refractivity contribution in [1.82, 2.24) is 0 Å². The van der Waals surface area contributed by atoms with Gasteiger partial charge in [0, 0.05) is 18.8 Å². The average Bonchev–Trinajstić information content (AvgIpc) is 2.60. The van der Waals surface area contributed by atoms with Crippen LogP contribution in [0.2, 0.25) is 0 Å². The smallest absolute Gasteiger partial charge is 0.0366 e. The largest absolute Gasteiger partial charge is 0.372 e. The van der Waals surface area contributed by atoms with Gasteiger partial charge in [0.15, 0.2) is 0 Å². The number of benzene rings is 1. The Balaban J connectivity index is 2.34. The highest BCUT2D eigenvalue weighted by atomic mass is 15.1. The van der Waals surface area contributed by atoms with Crippen LogP contribution in [0, 0.1) is 6.92 Å². The van der Waals surface area contributed by atoms with E-state index in [0.29, 0.717) is 0 Å². The quantitative estimate of drug-likeness (QED) is 0.300. The molecule has 0 heterocycles. The molecule has 0 aliphatic rings. The second kappa shape index (κ2) is 14.4. The third kappa shape index (κ3) is 10.0. The Morgan fingerprint density at radius 1 is 0.583 bits per heavy atom. The number of nitrogens with zero attached hydrogens (tertiary/aromatic N) is 1. The fourth-order valence-corrected chi connectivity index (χ4v) is 3.29. The molecule has 0 amide bonds. The minimum absolute atomic E-state index is 1.23. The van der Waals surface area contributed by atoms with E-state index in [1.54, 1.807) is 0 Å². The topological polar surface area (TPSA) is 3.24 Å². The van der Waals surface area contributed by atoms with Crippen LogP contribution < -0.4 is 4.90 Å². The van der Waals surface area contributed by atoms with Gasteiger partial charge in [-0.2, -0.15) is 0 Å². The van der Waals surface area contributed by atoms with Gasteiger partial charge in [0.1, 0.15) is 0 Å². The van der Waals surface area contributed by atoms with Crippen LogP contribution in [0.4, 0.5) is 5.69 Å². The lowest BCUT2D eigenvalue weighted by Crippen LogP contribution is -2.25. The first-order valence-electron chi connectivity index (χ1n) is 10.6. The summed E-state index contributed by atoms with van der Waals surface area (Å²) in [5.74, 6) is 0. The maximum atomic E-state index is 2.62. The summed E-state index contributed by atoms with van der Waals surface area (Å²) in [4.78, 5) is 2.62. The fourth-order valence-electron chi connectivity index (χ4n) is 3.29. The fraction of sp³-hybridized carbons (Fsp3) is 0.739. The molecule has 0 atom stereocenters. The van der Waals surface area contributed by atoms with Crippen molar-refractivity contribution in [2.24, 2.45) is 0 Å². The highest BCUT2D eigenvalue weighted by Gasteiger charge is 2.06. The molecule has 0 saturated carbocycles. The second-order valence-corrected chi connectivity index (χ2v) is 7.36. The molecule has 24 heavy (non-hydrogen) atoms. The first kappa shape index (κ1) is 21.1. The third-order valence-electron chi connectivity index (χ3n) is 4.96. The van der Waals surface area contributed by atoms with Crippen molar-refractivity contribution in [2.75, 3.05) is 18.0 Å². The molecule has 0 unspecified atom stereocenters. The molecular weight excluding hydrogens is 290 g/mol. The Hall–Kier alpha value is -0.980. The first-order valence-corrected chi connectivity index (χ1v) is 10.6. The van der Waals surface area contributed by atoms with Gasteiger partial charge in [0.05, 0.1) is 0 Å². The van der Waals surface area contributed by atoms with Crippen LogP contribution in [0.25, 0.3) is 0 Å². The Kier molecular flexibility index (Phi) is 12.6. The van der Waals surface area contributed by atoms with Crippen molar-refractivity contribution in [1.29, 1.82) is 0 Å². The summed E-state index contributed by atoms with van der Waals surface area (Å²) in [6, 6.07) is 9.13.